The summed E-state index contributed by atoms with van der Waals surface area (Å²) in [5.41, 5.74) is 4.77. The van der Waals surface area contributed by atoms with Crippen LogP contribution in [0.4, 0.5) is 0 Å². The minimum absolute atomic E-state index is 0.661. The van der Waals surface area contributed by atoms with Crippen molar-refractivity contribution in [2.75, 3.05) is 28.4 Å². The summed E-state index contributed by atoms with van der Waals surface area (Å²) in [7, 11) is 6.68. The molecule has 0 heterocycles. The van der Waals surface area contributed by atoms with Gasteiger partial charge >= 0.3 is 0 Å². The van der Waals surface area contributed by atoms with E-state index >= 15 is 0 Å². The van der Waals surface area contributed by atoms with E-state index in [0.29, 0.717) is 23.0 Å². The van der Waals surface area contributed by atoms with E-state index in [2.05, 4.69) is 36.4 Å². The van der Waals surface area contributed by atoms with E-state index in [4.69, 9.17) is 23.7 Å². The van der Waals surface area contributed by atoms with Gasteiger partial charge in [0.05, 0.1) is 28.4 Å². The van der Waals surface area contributed by atoms with Crippen molar-refractivity contribution in [3.05, 3.63) is 107 Å². The minimum atomic E-state index is 0.661. The molecule has 0 fully saturated rings. The smallest absolute Gasteiger partial charge is 0.169 e. The van der Waals surface area contributed by atoms with Crippen molar-refractivity contribution < 1.29 is 23.7 Å². The fourth-order valence-corrected chi connectivity index (χ4v) is 4.26. The molecule has 5 heteroatoms. The lowest BCUT2D eigenvalue weighted by Gasteiger charge is -2.15. The fourth-order valence-electron chi connectivity index (χ4n) is 4.26. The number of hydrogen-bond donors (Lipinski definition) is 0. The van der Waals surface area contributed by atoms with E-state index in [-0.39, 0.29) is 0 Å². The predicted molar refractivity (Wildman–Crippen MR) is 147 cm³/mol. The first kappa shape index (κ1) is 26.0. The molecule has 0 aromatic heterocycles. The molecular formula is C32H34O5. The molecule has 0 aliphatic rings. The van der Waals surface area contributed by atoms with Crippen LogP contribution in [0.15, 0.2) is 84.9 Å². The summed E-state index contributed by atoms with van der Waals surface area (Å²) >= 11 is 0. The SMILES string of the molecule is COc1cccc(CCc2ccc(OC)c(Oc3cc(CCc4cccc(OC)c4)ccc3OC)c2)c1. The van der Waals surface area contributed by atoms with Gasteiger partial charge in [-0.15, -0.1) is 0 Å². The molecule has 5 nitrogen and oxygen atoms in total. The van der Waals surface area contributed by atoms with E-state index in [1.807, 2.05) is 48.5 Å². The van der Waals surface area contributed by atoms with Gasteiger partial charge in [-0.2, -0.15) is 0 Å². The maximum atomic E-state index is 6.39. The summed E-state index contributed by atoms with van der Waals surface area (Å²) < 4.78 is 28.3. The van der Waals surface area contributed by atoms with Crippen molar-refractivity contribution in [1.82, 2.24) is 0 Å². The fraction of sp³-hybridized carbons (Fsp3) is 0.250. The molecule has 0 aliphatic carbocycles. The molecule has 0 saturated carbocycles. The Kier molecular flexibility index (Phi) is 8.93. The Hall–Kier alpha value is -4.12. The van der Waals surface area contributed by atoms with Gasteiger partial charge in [0.15, 0.2) is 23.0 Å². The summed E-state index contributed by atoms with van der Waals surface area (Å²) in [4.78, 5) is 0. The largest absolute Gasteiger partial charge is 0.497 e. The monoisotopic (exact) mass is 498 g/mol. The van der Waals surface area contributed by atoms with E-state index in [0.717, 1.165) is 48.3 Å². The maximum absolute atomic E-state index is 6.39. The molecule has 192 valence electrons. The van der Waals surface area contributed by atoms with Crippen LogP contribution in [0.25, 0.3) is 0 Å². The molecule has 4 aromatic rings. The Balaban J connectivity index is 1.50. The quantitative estimate of drug-likeness (QED) is 0.209. The van der Waals surface area contributed by atoms with Crippen molar-refractivity contribution in [2.24, 2.45) is 0 Å². The molecule has 0 saturated heterocycles. The van der Waals surface area contributed by atoms with Crippen LogP contribution in [0.3, 0.4) is 0 Å². The highest BCUT2D eigenvalue weighted by Gasteiger charge is 2.13. The van der Waals surface area contributed by atoms with Crippen molar-refractivity contribution in [2.45, 2.75) is 25.7 Å². The van der Waals surface area contributed by atoms with Gasteiger partial charge in [0.25, 0.3) is 0 Å². The molecule has 0 radical (unpaired) electrons. The molecule has 0 atom stereocenters. The second-order valence-electron chi connectivity index (χ2n) is 8.78. The maximum Gasteiger partial charge on any atom is 0.169 e. The van der Waals surface area contributed by atoms with Gasteiger partial charge in [0.2, 0.25) is 0 Å². The summed E-state index contributed by atoms with van der Waals surface area (Å²) in [5, 5.41) is 0. The van der Waals surface area contributed by atoms with Crippen LogP contribution in [0.5, 0.6) is 34.5 Å². The highest BCUT2D eigenvalue weighted by molar-refractivity contribution is 5.50. The number of benzene rings is 4. The third kappa shape index (κ3) is 6.98. The third-order valence-corrected chi connectivity index (χ3v) is 6.35. The van der Waals surface area contributed by atoms with Gasteiger partial charge in [0.1, 0.15) is 11.5 Å². The average Bonchev–Trinajstić information content (AvgIpc) is 2.95. The van der Waals surface area contributed by atoms with Crippen LogP contribution in [0.1, 0.15) is 22.3 Å². The molecule has 0 spiro atoms. The van der Waals surface area contributed by atoms with Crippen LogP contribution >= 0.6 is 0 Å². The number of rotatable bonds is 12. The minimum Gasteiger partial charge on any atom is -0.497 e. The summed E-state index contributed by atoms with van der Waals surface area (Å²) in [6.07, 6.45) is 3.52. The topological polar surface area (TPSA) is 46.2 Å². The molecule has 0 bridgehead atoms. The van der Waals surface area contributed by atoms with Crippen LogP contribution in [0, 0.1) is 0 Å². The number of hydrogen-bond acceptors (Lipinski definition) is 5. The van der Waals surface area contributed by atoms with E-state index in [9.17, 15) is 0 Å². The van der Waals surface area contributed by atoms with Gasteiger partial charge in [-0.05, 0) is 96.5 Å². The van der Waals surface area contributed by atoms with Crippen LogP contribution in [-0.4, -0.2) is 28.4 Å². The Morgan fingerprint density at radius 2 is 0.811 bits per heavy atom. The van der Waals surface area contributed by atoms with Crippen molar-refractivity contribution in [3.63, 3.8) is 0 Å². The predicted octanol–water partition coefficient (Wildman–Crippen LogP) is 7.08. The molecule has 37 heavy (non-hydrogen) atoms. The Morgan fingerprint density at radius 1 is 0.405 bits per heavy atom. The molecule has 4 rings (SSSR count). The third-order valence-electron chi connectivity index (χ3n) is 6.35. The summed E-state index contributed by atoms with van der Waals surface area (Å²) in [5.74, 6) is 4.41. The lowest BCUT2D eigenvalue weighted by atomic mass is 10.0. The first-order chi connectivity index (χ1) is 18.1. The second-order valence-corrected chi connectivity index (χ2v) is 8.78. The first-order valence-corrected chi connectivity index (χ1v) is 12.4. The van der Waals surface area contributed by atoms with Gasteiger partial charge in [0, 0.05) is 0 Å². The van der Waals surface area contributed by atoms with Gasteiger partial charge in [-0.25, -0.2) is 0 Å². The zero-order valence-electron chi connectivity index (χ0n) is 22.0. The number of ether oxygens (including phenoxy) is 5. The van der Waals surface area contributed by atoms with Crippen LogP contribution in [-0.2, 0) is 25.7 Å². The molecule has 0 unspecified atom stereocenters. The molecule has 0 amide bonds. The Bertz CT molecular complexity index is 1210. The highest BCUT2D eigenvalue weighted by atomic mass is 16.5. The van der Waals surface area contributed by atoms with Gasteiger partial charge < -0.3 is 23.7 Å². The lowest BCUT2D eigenvalue weighted by molar-refractivity contribution is 0.356. The van der Waals surface area contributed by atoms with E-state index in [1.165, 1.54) is 11.1 Å². The average molecular weight is 499 g/mol. The normalized spacial score (nSPS) is 10.6. The van der Waals surface area contributed by atoms with Crippen LogP contribution < -0.4 is 23.7 Å². The Labute approximate surface area is 219 Å². The van der Waals surface area contributed by atoms with Gasteiger partial charge in [-0.1, -0.05) is 36.4 Å². The first-order valence-electron chi connectivity index (χ1n) is 12.4. The van der Waals surface area contributed by atoms with Crippen molar-refractivity contribution in [1.29, 1.82) is 0 Å². The van der Waals surface area contributed by atoms with Gasteiger partial charge in [-0.3, -0.25) is 0 Å². The van der Waals surface area contributed by atoms with Crippen molar-refractivity contribution in [3.8, 4) is 34.5 Å². The van der Waals surface area contributed by atoms with E-state index < -0.39 is 0 Å². The molecule has 4 aromatic carbocycles. The number of methoxy groups -OCH3 is 4. The molecular weight excluding hydrogens is 464 g/mol. The summed E-state index contributed by atoms with van der Waals surface area (Å²) in [6.45, 7) is 0. The standard InChI is InChI=1S/C32H34O5/c1-33-27-9-5-7-23(19-27)11-13-25-15-17-29(35-3)31(21-25)37-32-22-26(16-18-30(32)36-4)14-12-24-8-6-10-28(20-24)34-2/h5-10,15-22H,11-14H2,1-4H3. The highest BCUT2D eigenvalue weighted by Crippen LogP contribution is 2.38. The zero-order valence-corrected chi connectivity index (χ0v) is 22.0. The Morgan fingerprint density at radius 3 is 1.19 bits per heavy atom. The second kappa shape index (κ2) is 12.7. The van der Waals surface area contributed by atoms with Crippen LogP contribution in [0.2, 0.25) is 0 Å². The van der Waals surface area contributed by atoms with Crippen molar-refractivity contribution >= 4 is 0 Å². The number of aryl methyl sites for hydroxylation is 4. The zero-order chi connectivity index (χ0) is 26.0. The summed E-state index contributed by atoms with van der Waals surface area (Å²) in [6, 6.07) is 28.5. The molecule has 0 aliphatic heterocycles. The lowest BCUT2D eigenvalue weighted by Crippen LogP contribution is -1.98. The molecule has 0 N–H and O–H groups in total. The van der Waals surface area contributed by atoms with E-state index in [1.54, 1.807) is 28.4 Å².